The summed E-state index contributed by atoms with van der Waals surface area (Å²) >= 11 is 0. The first kappa shape index (κ1) is 20.6. The number of esters is 1. The molecule has 6 heteroatoms. The van der Waals surface area contributed by atoms with E-state index in [-0.39, 0.29) is 23.1 Å². The van der Waals surface area contributed by atoms with Crippen LogP contribution in [0.4, 0.5) is 0 Å². The number of fused-ring (bicyclic) bond motifs is 2. The van der Waals surface area contributed by atoms with Crippen molar-refractivity contribution in [2.45, 2.75) is 13.8 Å². The molecule has 2 heterocycles. The molecule has 0 saturated carbocycles. The molecule has 0 fully saturated rings. The molecule has 1 aliphatic rings. The summed E-state index contributed by atoms with van der Waals surface area (Å²) in [5.74, 6) is 0.548. The van der Waals surface area contributed by atoms with Crippen molar-refractivity contribution in [2.75, 3.05) is 7.11 Å². The lowest BCUT2D eigenvalue weighted by Gasteiger charge is -2.06. The molecule has 0 N–H and O–H groups in total. The standard InChI is InChI=1S/C27H20O6/c1-15-7-9-17(10-8-15)12-22-25(28)24-16(2)11-19(14-21(24)32-22)31-27(29)23-13-18-5-4-6-20(30-3)26(18)33-23/h4-14H,1-3H3/b22-12-. The van der Waals surface area contributed by atoms with E-state index in [1.807, 2.05) is 43.3 Å². The minimum atomic E-state index is -0.660. The summed E-state index contributed by atoms with van der Waals surface area (Å²) in [6.45, 7) is 3.77. The van der Waals surface area contributed by atoms with Gasteiger partial charge in [0.25, 0.3) is 0 Å². The van der Waals surface area contributed by atoms with Gasteiger partial charge in [-0.15, -0.1) is 0 Å². The molecule has 0 saturated heterocycles. The number of carbonyl (C=O) groups excluding carboxylic acids is 2. The van der Waals surface area contributed by atoms with Gasteiger partial charge in [0.1, 0.15) is 11.5 Å². The number of carbonyl (C=O) groups is 2. The Morgan fingerprint density at radius 1 is 1.00 bits per heavy atom. The van der Waals surface area contributed by atoms with Gasteiger partial charge in [0.05, 0.1) is 12.7 Å². The van der Waals surface area contributed by atoms with Crippen molar-refractivity contribution in [1.82, 2.24) is 0 Å². The van der Waals surface area contributed by atoms with Gasteiger partial charge in [-0.3, -0.25) is 4.79 Å². The Bertz CT molecular complexity index is 1440. The van der Waals surface area contributed by atoms with Crippen molar-refractivity contribution >= 4 is 28.8 Å². The summed E-state index contributed by atoms with van der Waals surface area (Å²) in [4.78, 5) is 25.6. The van der Waals surface area contributed by atoms with Crippen LogP contribution >= 0.6 is 0 Å². The van der Waals surface area contributed by atoms with Crippen LogP contribution in [0.5, 0.6) is 17.2 Å². The van der Waals surface area contributed by atoms with E-state index in [1.165, 1.54) is 13.2 Å². The van der Waals surface area contributed by atoms with Crippen LogP contribution in [-0.2, 0) is 0 Å². The Hall–Kier alpha value is -4.32. The molecule has 0 radical (unpaired) electrons. The SMILES string of the molecule is COc1cccc2cc(C(=O)Oc3cc(C)c4c(c3)O/C(=C\c3ccc(C)cc3)C4=O)oc12. The summed E-state index contributed by atoms with van der Waals surface area (Å²) in [5.41, 5.74) is 3.57. The molecule has 164 valence electrons. The monoisotopic (exact) mass is 440 g/mol. The number of methoxy groups -OCH3 is 1. The Morgan fingerprint density at radius 2 is 1.79 bits per heavy atom. The highest BCUT2D eigenvalue weighted by Gasteiger charge is 2.30. The molecule has 1 aromatic heterocycles. The first-order valence-corrected chi connectivity index (χ1v) is 10.4. The number of allylic oxidation sites excluding steroid dienone is 1. The molecule has 4 aromatic rings. The number of hydrogen-bond donors (Lipinski definition) is 0. The van der Waals surface area contributed by atoms with Crippen LogP contribution in [0, 0.1) is 13.8 Å². The molecule has 33 heavy (non-hydrogen) atoms. The average Bonchev–Trinajstić information content (AvgIpc) is 3.37. The Kier molecular flexibility index (Phi) is 4.98. The van der Waals surface area contributed by atoms with Gasteiger partial charge in [-0.2, -0.15) is 0 Å². The van der Waals surface area contributed by atoms with E-state index >= 15 is 0 Å². The Balaban J connectivity index is 1.41. The smallest absolute Gasteiger partial charge is 0.379 e. The van der Waals surface area contributed by atoms with Crippen molar-refractivity contribution in [2.24, 2.45) is 0 Å². The summed E-state index contributed by atoms with van der Waals surface area (Å²) in [6.07, 6.45) is 1.70. The molecular weight excluding hydrogens is 420 g/mol. The summed E-state index contributed by atoms with van der Waals surface area (Å²) in [6, 6.07) is 17.9. The number of hydrogen-bond acceptors (Lipinski definition) is 6. The molecule has 1 aliphatic heterocycles. The van der Waals surface area contributed by atoms with Crippen LogP contribution in [-0.4, -0.2) is 18.9 Å². The topological polar surface area (TPSA) is 75.0 Å². The molecule has 0 spiro atoms. The molecule has 5 rings (SSSR count). The fraction of sp³-hybridized carbons (Fsp3) is 0.111. The zero-order valence-corrected chi connectivity index (χ0v) is 18.3. The molecule has 0 atom stereocenters. The molecule has 0 amide bonds. The number of para-hydroxylation sites is 1. The molecular formula is C27H20O6. The van der Waals surface area contributed by atoms with Crippen LogP contribution in [0.25, 0.3) is 17.0 Å². The van der Waals surface area contributed by atoms with Gasteiger partial charge >= 0.3 is 5.97 Å². The van der Waals surface area contributed by atoms with Crippen molar-refractivity contribution in [3.05, 3.63) is 94.4 Å². The number of Topliss-reactive ketones (excluding diaryl/α,β-unsaturated/α-hetero) is 1. The van der Waals surface area contributed by atoms with Crippen LogP contribution in [0.15, 0.2) is 70.8 Å². The van der Waals surface area contributed by atoms with Gasteiger partial charge in [-0.25, -0.2) is 4.79 Å². The number of furan rings is 1. The van der Waals surface area contributed by atoms with Gasteiger partial charge in [0.2, 0.25) is 11.5 Å². The van der Waals surface area contributed by atoms with Crippen LogP contribution in [0.2, 0.25) is 0 Å². The number of benzene rings is 3. The normalized spacial score (nSPS) is 13.8. The maximum absolute atomic E-state index is 12.9. The lowest BCUT2D eigenvalue weighted by molar-refractivity contribution is 0.0703. The molecule has 3 aromatic carbocycles. The Morgan fingerprint density at radius 3 is 2.55 bits per heavy atom. The van der Waals surface area contributed by atoms with Crippen molar-refractivity contribution in [3.63, 3.8) is 0 Å². The fourth-order valence-electron chi connectivity index (χ4n) is 3.81. The third kappa shape index (κ3) is 3.76. The van der Waals surface area contributed by atoms with E-state index in [4.69, 9.17) is 18.6 Å². The van der Waals surface area contributed by atoms with Gasteiger partial charge in [-0.1, -0.05) is 42.0 Å². The first-order chi connectivity index (χ1) is 15.9. The lowest BCUT2D eigenvalue weighted by Crippen LogP contribution is -2.07. The number of ether oxygens (including phenoxy) is 3. The second-order valence-electron chi connectivity index (χ2n) is 7.84. The molecule has 6 nitrogen and oxygen atoms in total. The van der Waals surface area contributed by atoms with Crippen molar-refractivity contribution in [3.8, 4) is 17.2 Å². The molecule has 0 bridgehead atoms. The van der Waals surface area contributed by atoms with Gasteiger partial charge < -0.3 is 18.6 Å². The predicted molar refractivity (Wildman–Crippen MR) is 123 cm³/mol. The third-order valence-corrected chi connectivity index (χ3v) is 5.46. The van der Waals surface area contributed by atoms with E-state index in [0.717, 1.165) is 16.5 Å². The minimum Gasteiger partial charge on any atom is -0.493 e. The molecule has 0 aliphatic carbocycles. The summed E-state index contributed by atoms with van der Waals surface area (Å²) < 4.78 is 22.3. The highest BCUT2D eigenvalue weighted by atomic mass is 16.6. The van der Waals surface area contributed by atoms with E-state index in [0.29, 0.717) is 28.2 Å². The van der Waals surface area contributed by atoms with Gasteiger partial charge in [-0.05, 0) is 49.2 Å². The summed E-state index contributed by atoms with van der Waals surface area (Å²) in [5, 5.41) is 0.728. The minimum absolute atomic E-state index is 0.0459. The second kappa shape index (κ2) is 7.98. The second-order valence-corrected chi connectivity index (χ2v) is 7.84. The van der Waals surface area contributed by atoms with E-state index in [1.54, 1.807) is 31.2 Å². The Labute approximate surface area is 190 Å². The first-order valence-electron chi connectivity index (χ1n) is 10.4. The van der Waals surface area contributed by atoms with E-state index in [9.17, 15) is 9.59 Å². The quantitative estimate of drug-likeness (QED) is 0.224. The maximum Gasteiger partial charge on any atom is 0.379 e. The number of aryl methyl sites for hydroxylation is 2. The maximum atomic E-state index is 12.9. The third-order valence-electron chi connectivity index (χ3n) is 5.46. The van der Waals surface area contributed by atoms with Crippen LogP contribution in [0.1, 0.15) is 37.6 Å². The van der Waals surface area contributed by atoms with Crippen molar-refractivity contribution < 1.29 is 28.2 Å². The van der Waals surface area contributed by atoms with E-state index < -0.39 is 5.97 Å². The van der Waals surface area contributed by atoms with Gasteiger partial charge in [0.15, 0.2) is 17.1 Å². The highest BCUT2D eigenvalue weighted by Crippen LogP contribution is 2.38. The number of ketones is 1. The van der Waals surface area contributed by atoms with E-state index in [2.05, 4.69) is 0 Å². The zero-order valence-electron chi connectivity index (χ0n) is 18.3. The van der Waals surface area contributed by atoms with Crippen molar-refractivity contribution in [1.29, 1.82) is 0 Å². The van der Waals surface area contributed by atoms with Crippen LogP contribution < -0.4 is 14.2 Å². The molecule has 0 unspecified atom stereocenters. The number of rotatable bonds is 4. The summed E-state index contributed by atoms with van der Waals surface area (Å²) in [7, 11) is 1.53. The largest absolute Gasteiger partial charge is 0.493 e. The fourth-order valence-corrected chi connectivity index (χ4v) is 3.81. The lowest BCUT2D eigenvalue weighted by atomic mass is 10.0. The van der Waals surface area contributed by atoms with Gasteiger partial charge in [0, 0.05) is 11.5 Å². The zero-order chi connectivity index (χ0) is 23.1. The average molecular weight is 440 g/mol. The van der Waals surface area contributed by atoms with Crippen LogP contribution in [0.3, 0.4) is 0 Å². The highest BCUT2D eigenvalue weighted by molar-refractivity contribution is 6.15. The predicted octanol–water partition coefficient (Wildman–Crippen LogP) is 5.89.